The number of hydrogen-bond acceptors (Lipinski definition) is 6. The number of fused-ring (bicyclic) bond motifs is 1. The van der Waals surface area contributed by atoms with Gasteiger partial charge in [-0.25, -0.2) is 0 Å². The van der Waals surface area contributed by atoms with Crippen LogP contribution < -0.4 is 0 Å². The highest BCUT2D eigenvalue weighted by molar-refractivity contribution is 5.79. The van der Waals surface area contributed by atoms with Gasteiger partial charge in [0.2, 0.25) is 5.82 Å². The van der Waals surface area contributed by atoms with E-state index in [4.69, 9.17) is 9.26 Å². The van der Waals surface area contributed by atoms with E-state index >= 15 is 0 Å². The second-order valence-corrected chi connectivity index (χ2v) is 9.77. The van der Waals surface area contributed by atoms with Crippen LogP contribution in [0.1, 0.15) is 48.9 Å². The average Bonchev–Trinajstić information content (AvgIpc) is 3.35. The van der Waals surface area contributed by atoms with Crippen molar-refractivity contribution in [2.24, 2.45) is 0 Å². The van der Waals surface area contributed by atoms with Crippen LogP contribution in [0.15, 0.2) is 71.8 Å². The molecule has 0 fully saturated rings. The number of allylic oxidation sites excluding steroid dienone is 5. The first-order valence-electron chi connectivity index (χ1n) is 13.7. The fourth-order valence-electron chi connectivity index (χ4n) is 4.98. The van der Waals surface area contributed by atoms with E-state index in [-0.39, 0.29) is 23.0 Å². The lowest BCUT2D eigenvalue weighted by atomic mass is 9.96. The number of rotatable bonds is 10. The largest absolute Gasteiger partial charge is 0.466 e. The van der Waals surface area contributed by atoms with E-state index in [2.05, 4.69) is 21.6 Å². The molecule has 1 aromatic heterocycles. The van der Waals surface area contributed by atoms with Gasteiger partial charge < -0.3 is 14.2 Å². The van der Waals surface area contributed by atoms with Crippen LogP contribution in [0.4, 0.5) is 13.2 Å². The Morgan fingerprint density at radius 2 is 1.88 bits per heavy atom. The number of carbonyl (C=O) groups is 1. The Balaban J connectivity index is 1.52. The lowest BCUT2D eigenvalue weighted by Gasteiger charge is -2.19. The summed E-state index contributed by atoms with van der Waals surface area (Å²) in [6.45, 7) is 10.1. The van der Waals surface area contributed by atoms with Gasteiger partial charge in [-0.15, -0.1) is 0 Å². The number of benzene rings is 2. The van der Waals surface area contributed by atoms with Gasteiger partial charge in [-0.05, 0) is 80.1 Å². The van der Waals surface area contributed by atoms with E-state index in [0.29, 0.717) is 24.4 Å². The highest BCUT2D eigenvalue weighted by Crippen LogP contribution is 2.38. The molecular weight excluding hydrogens is 531 g/mol. The molecule has 0 unspecified atom stereocenters. The van der Waals surface area contributed by atoms with E-state index < -0.39 is 11.7 Å². The van der Waals surface area contributed by atoms with E-state index in [1.807, 2.05) is 18.2 Å². The standard InChI is InChI=1S/C32H34F3N3O3/c1-4-8-23(9-5-2)27-14-13-26(21-28(27)32(33,34)35)31-36-30(37-41-31)25-12-11-22-15-18-38(19-16-24(22)20-25)17-7-10-29(39)40-6-3/h4-5,8-9,11-14,20-21H,1,6-7,10,15-19H2,2-3H3/b9-5-,23-8+. The Morgan fingerprint density at radius 1 is 1.12 bits per heavy atom. The van der Waals surface area contributed by atoms with Gasteiger partial charge in [0.15, 0.2) is 0 Å². The predicted octanol–water partition coefficient (Wildman–Crippen LogP) is 7.31. The molecule has 1 aliphatic rings. The SMILES string of the molecule is C=C/C=C(\C=C/C)c1ccc(-c2nc(-c3ccc4c(c3)CCN(CCCC(=O)OCC)CC4)no2)cc1C(F)(F)F. The third-order valence-electron chi connectivity index (χ3n) is 6.97. The molecule has 216 valence electrons. The molecule has 2 heterocycles. The van der Waals surface area contributed by atoms with Gasteiger partial charge in [-0.1, -0.05) is 54.2 Å². The van der Waals surface area contributed by atoms with Crippen molar-refractivity contribution in [3.8, 4) is 22.8 Å². The number of ether oxygens (including phenoxy) is 1. The minimum atomic E-state index is -4.58. The van der Waals surface area contributed by atoms with E-state index in [9.17, 15) is 18.0 Å². The summed E-state index contributed by atoms with van der Waals surface area (Å²) in [4.78, 5) is 18.4. The van der Waals surface area contributed by atoms with Crippen molar-refractivity contribution in [3.05, 3.63) is 89.5 Å². The maximum Gasteiger partial charge on any atom is 0.417 e. The lowest BCUT2D eigenvalue weighted by molar-refractivity contribution is -0.143. The molecule has 0 spiro atoms. The molecule has 2 aromatic carbocycles. The van der Waals surface area contributed by atoms with Crippen molar-refractivity contribution in [2.75, 3.05) is 26.2 Å². The summed E-state index contributed by atoms with van der Waals surface area (Å²) >= 11 is 0. The molecule has 6 nitrogen and oxygen atoms in total. The van der Waals surface area contributed by atoms with Crippen molar-refractivity contribution in [1.29, 1.82) is 0 Å². The van der Waals surface area contributed by atoms with Gasteiger partial charge >= 0.3 is 12.1 Å². The van der Waals surface area contributed by atoms with E-state index in [1.54, 1.807) is 32.1 Å². The summed E-state index contributed by atoms with van der Waals surface area (Å²) in [6.07, 6.45) is 4.58. The molecule has 0 saturated heterocycles. The summed E-state index contributed by atoms with van der Waals surface area (Å²) < 4.78 is 52.6. The number of hydrogen-bond donors (Lipinski definition) is 0. The Bertz CT molecular complexity index is 1440. The van der Waals surface area contributed by atoms with Gasteiger partial charge in [0.25, 0.3) is 5.89 Å². The maximum atomic E-state index is 14.0. The molecule has 3 aromatic rings. The number of esters is 1. The summed E-state index contributed by atoms with van der Waals surface area (Å²) in [5.74, 6) is 0.167. The molecule has 0 radical (unpaired) electrons. The van der Waals surface area contributed by atoms with Gasteiger partial charge in [0, 0.05) is 30.6 Å². The molecular formula is C32H34F3N3O3. The quantitative estimate of drug-likeness (QED) is 0.190. The molecule has 0 aliphatic carbocycles. The van der Waals surface area contributed by atoms with Crippen LogP contribution in [-0.2, 0) is 28.5 Å². The van der Waals surface area contributed by atoms with Crippen molar-refractivity contribution < 1.29 is 27.2 Å². The maximum absolute atomic E-state index is 14.0. The monoisotopic (exact) mass is 565 g/mol. The predicted molar refractivity (Wildman–Crippen MR) is 153 cm³/mol. The smallest absolute Gasteiger partial charge is 0.417 e. The summed E-state index contributed by atoms with van der Waals surface area (Å²) in [5.41, 5.74) is 2.99. The Labute approximate surface area is 238 Å². The first-order chi connectivity index (χ1) is 19.7. The summed E-state index contributed by atoms with van der Waals surface area (Å²) in [7, 11) is 0. The second-order valence-electron chi connectivity index (χ2n) is 9.77. The summed E-state index contributed by atoms with van der Waals surface area (Å²) in [6, 6.07) is 10.0. The number of halogens is 3. The molecule has 0 atom stereocenters. The van der Waals surface area contributed by atoms with Crippen LogP contribution >= 0.6 is 0 Å². The molecule has 41 heavy (non-hydrogen) atoms. The first-order valence-corrected chi connectivity index (χ1v) is 13.7. The van der Waals surface area contributed by atoms with E-state index in [1.165, 1.54) is 29.3 Å². The molecule has 0 saturated carbocycles. The number of aromatic nitrogens is 2. The van der Waals surface area contributed by atoms with Crippen molar-refractivity contribution in [1.82, 2.24) is 15.0 Å². The zero-order valence-corrected chi connectivity index (χ0v) is 23.3. The van der Waals surface area contributed by atoms with Crippen LogP contribution in [0.2, 0.25) is 0 Å². The fourth-order valence-corrected chi connectivity index (χ4v) is 4.98. The van der Waals surface area contributed by atoms with Crippen LogP contribution in [0.5, 0.6) is 0 Å². The Morgan fingerprint density at radius 3 is 2.59 bits per heavy atom. The van der Waals surface area contributed by atoms with Gasteiger partial charge in [0.1, 0.15) is 0 Å². The van der Waals surface area contributed by atoms with E-state index in [0.717, 1.165) is 50.5 Å². The van der Waals surface area contributed by atoms with Crippen molar-refractivity contribution in [2.45, 2.75) is 45.7 Å². The van der Waals surface area contributed by atoms with Crippen molar-refractivity contribution >= 4 is 11.5 Å². The molecule has 0 bridgehead atoms. The third-order valence-corrected chi connectivity index (χ3v) is 6.97. The molecule has 0 amide bonds. The topological polar surface area (TPSA) is 68.5 Å². The van der Waals surface area contributed by atoms with Crippen molar-refractivity contribution in [3.63, 3.8) is 0 Å². The lowest BCUT2D eigenvalue weighted by Crippen LogP contribution is -2.28. The zero-order valence-electron chi connectivity index (χ0n) is 23.3. The normalized spacial score (nSPS) is 14.6. The summed E-state index contributed by atoms with van der Waals surface area (Å²) in [5, 5.41) is 4.07. The minimum absolute atomic E-state index is 0.0139. The third kappa shape index (κ3) is 7.61. The minimum Gasteiger partial charge on any atom is -0.466 e. The average molecular weight is 566 g/mol. The molecule has 0 N–H and O–H groups in total. The Hall–Kier alpha value is -3.98. The second kappa shape index (κ2) is 13.6. The van der Waals surface area contributed by atoms with Crippen LogP contribution in [0.25, 0.3) is 28.4 Å². The highest BCUT2D eigenvalue weighted by atomic mass is 19.4. The highest BCUT2D eigenvalue weighted by Gasteiger charge is 2.34. The fraction of sp³-hybridized carbons (Fsp3) is 0.344. The molecule has 9 heteroatoms. The Kier molecular flexibility index (Phi) is 9.94. The molecule has 1 aliphatic heterocycles. The van der Waals surface area contributed by atoms with Gasteiger partial charge in [-0.3, -0.25) is 4.79 Å². The number of nitrogens with zero attached hydrogens (tertiary/aromatic N) is 3. The van der Waals surface area contributed by atoms with Crippen LogP contribution in [-0.4, -0.2) is 47.3 Å². The van der Waals surface area contributed by atoms with Gasteiger partial charge in [0.05, 0.1) is 12.2 Å². The zero-order chi connectivity index (χ0) is 29.4. The van der Waals surface area contributed by atoms with Crippen LogP contribution in [0.3, 0.4) is 0 Å². The van der Waals surface area contributed by atoms with Gasteiger partial charge in [-0.2, -0.15) is 18.2 Å². The van der Waals surface area contributed by atoms with Crippen LogP contribution in [0, 0.1) is 0 Å². The number of alkyl halides is 3. The molecule has 4 rings (SSSR count). The first kappa shape index (κ1) is 30.0. The number of carbonyl (C=O) groups excluding carboxylic acids is 1.